The van der Waals surface area contributed by atoms with E-state index in [-0.39, 0.29) is 85.9 Å². The zero-order valence-corrected chi connectivity index (χ0v) is 57.1. The second-order valence-corrected chi connectivity index (χ2v) is 24.8. The van der Waals surface area contributed by atoms with Gasteiger partial charge in [-0.15, -0.1) is 0 Å². The minimum atomic E-state index is -1.53. The summed E-state index contributed by atoms with van der Waals surface area (Å²) in [5.41, 5.74) is 39.9. The van der Waals surface area contributed by atoms with E-state index in [9.17, 15) is 16.6 Å². The molecule has 2 heterocycles. The predicted molar refractivity (Wildman–Crippen MR) is 385 cm³/mol. The first-order valence-corrected chi connectivity index (χ1v) is 34.5. The van der Waals surface area contributed by atoms with Crippen LogP contribution >= 0.6 is 0 Å². The Kier molecular flexibility index (Phi) is 30.0. The summed E-state index contributed by atoms with van der Waals surface area (Å²) in [5, 5.41) is 13.4. The van der Waals surface area contributed by atoms with Crippen LogP contribution in [0.25, 0.3) is 31.3 Å². The van der Waals surface area contributed by atoms with Crippen LogP contribution in [0, 0.1) is 0 Å². The summed E-state index contributed by atoms with van der Waals surface area (Å²) in [4.78, 5) is 10.3. The fourth-order valence-electron chi connectivity index (χ4n) is 12.3. The molecule has 11 rings (SSSR count). The molecule has 2 aliphatic rings. The molecule has 0 N–H and O–H groups in total. The first-order valence-electron chi connectivity index (χ1n) is 34.5. The van der Waals surface area contributed by atoms with Crippen molar-refractivity contribution in [1.82, 2.24) is 0 Å². The molecule has 9 aromatic rings. The first kappa shape index (κ1) is 74.6. The molecular weight excluding hydrogens is 1310 g/mol. The van der Waals surface area contributed by atoms with Gasteiger partial charge < -0.3 is 61.6 Å². The average Bonchev–Trinajstić information content (AvgIpc) is 0.767. The number of azide groups is 3. The van der Waals surface area contributed by atoms with E-state index in [1.54, 1.807) is 0 Å². The summed E-state index contributed by atoms with van der Waals surface area (Å²) in [6.45, 7) is 0.372. The fourth-order valence-corrected chi connectivity index (χ4v) is 12.3. The Bertz CT molecular complexity index is 4000. The highest BCUT2D eigenvalue weighted by Crippen LogP contribution is 2.38. The summed E-state index contributed by atoms with van der Waals surface area (Å²) in [7, 11) is 0. The van der Waals surface area contributed by atoms with Gasteiger partial charge in [0.1, 0.15) is 60.9 Å². The molecule has 22 nitrogen and oxygen atoms in total. The molecule has 532 valence electrons. The molecule has 14 atom stereocenters. The van der Waals surface area contributed by atoms with Crippen molar-refractivity contribution in [2.45, 2.75) is 145 Å². The van der Waals surface area contributed by atoms with Crippen LogP contribution in [-0.4, -0.2) is 112 Å². The number of rotatable bonds is 41. The average molecular weight is 1390 g/mol. The summed E-state index contributed by atoms with van der Waals surface area (Å²) in [6.07, 6.45) is -13.2. The highest BCUT2D eigenvalue weighted by atomic mass is 16.7. The minimum absolute atomic E-state index is 0.0172. The van der Waals surface area contributed by atoms with Gasteiger partial charge in [-0.2, -0.15) is 0 Å². The fraction of sp³-hybridized carbons (Fsp3) is 0.333. The molecule has 22 heteroatoms. The van der Waals surface area contributed by atoms with Crippen molar-refractivity contribution >= 4 is 0 Å². The van der Waals surface area contributed by atoms with Crippen LogP contribution in [0.4, 0.5) is 0 Å². The molecule has 9 aromatic carbocycles. The summed E-state index contributed by atoms with van der Waals surface area (Å²) < 4.78 is 91.0. The van der Waals surface area contributed by atoms with Crippen LogP contribution in [0.15, 0.2) is 288 Å². The third-order valence-corrected chi connectivity index (χ3v) is 17.5. The quantitative estimate of drug-likeness (QED) is 0.0196. The molecule has 103 heavy (non-hydrogen) atoms. The minimum Gasteiger partial charge on any atom is -0.376 e. The summed E-state index contributed by atoms with van der Waals surface area (Å²) in [5.74, 6) is 0. The maximum atomic E-state index is 11.0. The predicted octanol–water partition coefficient (Wildman–Crippen LogP) is 16.0. The standard InChI is InChI=1S/C81H85N9O13/c82-88-85-68(55-91-46-59-28-10-1-11-29-59)74(95-50-63-36-18-5-19-37-63)75(96-51-64-38-20-6-21-39-64)69(56-92-47-60-30-12-2-13-31-60)100-80-73(87-90-84)79(99-54-67-44-26-9-27-45-67)77(71(102-80)58-94-49-62-34-16-4-17-35-62)103-81-72(86-89-83)78(98-53-66-42-24-8-25-43-66)76(97-52-65-40-22-7-23-41-65)70(101-81)57-93-48-61-32-14-3-15-33-61/h1-45,68-81H,46-58H2/t68-,69+,70-,71-,72-,73-,74-,75-,76-,77-,78-,79-,80-,81-/m1/s1. The van der Waals surface area contributed by atoms with Crippen molar-refractivity contribution in [1.29, 1.82) is 0 Å². The van der Waals surface area contributed by atoms with Gasteiger partial charge in [-0.25, -0.2) is 0 Å². The van der Waals surface area contributed by atoms with E-state index in [0.717, 1.165) is 50.1 Å². The lowest BCUT2D eigenvalue weighted by molar-refractivity contribution is -0.348. The Balaban J connectivity index is 1.02. The summed E-state index contributed by atoms with van der Waals surface area (Å²) in [6, 6.07) is 82.9. The van der Waals surface area contributed by atoms with Gasteiger partial charge in [-0.05, 0) is 66.7 Å². The number of hydrogen-bond donors (Lipinski definition) is 0. The topological polar surface area (TPSA) is 266 Å². The van der Waals surface area contributed by atoms with Crippen molar-refractivity contribution in [3.8, 4) is 0 Å². The molecule has 0 radical (unpaired) electrons. The Morgan fingerprint density at radius 3 is 1.02 bits per heavy atom. The number of nitrogens with zero attached hydrogens (tertiary/aromatic N) is 9. The van der Waals surface area contributed by atoms with Gasteiger partial charge in [-0.3, -0.25) is 0 Å². The second kappa shape index (κ2) is 41.5. The molecule has 0 aliphatic carbocycles. The second-order valence-electron chi connectivity index (χ2n) is 24.8. The van der Waals surface area contributed by atoms with Crippen molar-refractivity contribution in [2.24, 2.45) is 15.3 Å². The largest absolute Gasteiger partial charge is 0.376 e. The smallest absolute Gasteiger partial charge is 0.169 e. The zero-order valence-electron chi connectivity index (χ0n) is 57.1. The van der Waals surface area contributed by atoms with E-state index < -0.39 is 85.6 Å². The van der Waals surface area contributed by atoms with Crippen LogP contribution in [-0.2, 0) is 121 Å². The third-order valence-electron chi connectivity index (χ3n) is 17.5. The Morgan fingerprint density at radius 1 is 0.320 bits per heavy atom. The SMILES string of the molecule is [N-]=[N+]=N[C@H]1[C@@H](O[C@H]2[C@H](OCc3ccccc3)[C@@H](N=[N+]=[N-])[C@H](O[C@@H](COCc3ccccc3)[C@@H](OCc3ccccc3)[C@H](OCc3ccccc3)[C@@H](COCc3ccccc3)N=[N+]=[N-])O[C@@H]2COCc2ccccc2)O[C@H](COCc2ccccc2)[C@@H](OCc2ccccc2)[C@@H]1OCc1ccccc1. The van der Waals surface area contributed by atoms with E-state index in [4.69, 9.17) is 61.6 Å². The number of ether oxygens (including phenoxy) is 13. The van der Waals surface area contributed by atoms with Gasteiger partial charge in [0, 0.05) is 14.7 Å². The van der Waals surface area contributed by atoms with Crippen molar-refractivity contribution < 1.29 is 61.6 Å². The van der Waals surface area contributed by atoms with E-state index in [2.05, 4.69) is 30.1 Å². The highest BCUT2D eigenvalue weighted by Gasteiger charge is 2.55. The van der Waals surface area contributed by atoms with E-state index in [1.165, 1.54) is 0 Å². The van der Waals surface area contributed by atoms with Crippen molar-refractivity contribution in [3.63, 3.8) is 0 Å². The molecule has 0 aromatic heterocycles. The molecule has 0 unspecified atom stereocenters. The molecule has 2 saturated heterocycles. The van der Waals surface area contributed by atoms with Gasteiger partial charge in [0.25, 0.3) is 0 Å². The lowest BCUT2D eigenvalue weighted by atomic mass is 9.94. The van der Waals surface area contributed by atoms with Crippen LogP contribution in [0.3, 0.4) is 0 Å². The van der Waals surface area contributed by atoms with Gasteiger partial charge in [-0.1, -0.05) is 288 Å². The molecule has 0 saturated carbocycles. The monoisotopic (exact) mass is 1390 g/mol. The number of hydrogen-bond acceptors (Lipinski definition) is 16. The van der Waals surface area contributed by atoms with E-state index in [0.29, 0.717) is 0 Å². The Hall–Kier alpha value is -9.61. The van der Waals surface area contributed by atoms with Gasteiger partial charge in [0.2, 0.25) is 0 Å². The van der Waals surface area contributed by atoms with Crippen LogP contribution < -0.4 is 0 Å². The third kappa shape index (κ3) is 23.2. The highest BCUT2D eigenvalue weighted by molar-refractivity contribution is 5.21. The van der Waals surface area contributed by atoms with Gasteiger partial charge >= 0.3 is 0 Å². The maximum absolute atomic E-state index is 11.0. The van der Waals surface area contributed by atoms with E-state index >= 15 is 0 Å². The Morgan fingerprint density at radius 2 is 0.631 bits per heavy atom. The molecule has 2 fully saturated rings. The zero-order chi connectivity index (χ0) is 70.7. The number of benzene rings is 9. The van der Waals surface area contributed by atoms with Gasteiger partial charge in [0.05, 0.1) is 98.0 Å². The van der Waals surface area contributed by atoms with Crippen LogP contribution in [0.1, 0.15) is 50.1 Å². The molecule has 0 bridgehead atoms. The normalized spacial score (nSPS) is 21.3. The lowest BCUT2D eigenvalue weighted by Crippen LogP contribution is -2.65. The Labute approximate surface area is 600 Å². The molecule has 0 spiro atoms. The molecule has 0 amide bonds. The molecular formula is C81H85N9O13. The lowest BCUT2D eigenvalue weighted by Gasteiger charge is -2.49. The van der Waals surface area contributed by atoms with Crippen LogP contribution in [0.2, 0.25) is 0 Å². The molecule has 2 aliphatic heterocycles. The van der Waals surface area contributed by atoms with E-state index in [1.807, 2.05) is 273 Å². The van der Waals surface area contributed by atoms with Crippen molar-refractivity contribution in [3.05, 3.63) is 354 Å². The van der Waals surface area contributed by atoms with Gasteiger partial charge in [0.15, 0.2) is 12.6 Å². The van der Waals surface area contributed by atoms with Crippen LogP contribution in [0.5, 0.6) is 0 Å². The summed E-state index contributed by atoms with van der Waals surface area (Å²) >= 11 is 0. The van der Waals surface area contributed by atoms with Crippen molar-refractivity contribution in [2.75, 3.05) is 26.4 Å². The maximum Gasteiger partial charge on any atom is 0.169 e. The first-order chi connectivity index (χ1) is 51.0.